The van der Waals surface area contributed by atoms with Crippen molar-refractivity contribution in [3.8, 4) is 0 Å². The van der Waals surface area contributed by atoms with Gasteiger partial charge in [0.05, 0.1) is 11.3 Å². The molecule has 3 amide bonds. The van der Waals surface area contributed by atoms with Gasteiger partial charge in [-0.3, -0.25) is 19.3 Å². The van der Waals surface area contributed by atoms with Crippen LogP contribution in [0.5, 0.6) is 0 Å². The number of halogens is 3. The van der Waals surface area contributed by atoms with Gasteiger partial charge in [-0.05, 0) is 44.0 Å². The Morgan fingerprint density at radius 3 is 2.66 bits per heavy atom. The van der Waals surface area contributed by atoms with Crippen molar-refractivity contribution in [2.75, 3.05) is 16.8 Å². The van der Waals surface area contributed by atoms with Crippen molar-refractivity contribution in [2.45, 2.75) is 44.4 Å². The van der Waals surface area contributed by atoms with Crippen LogP contribution in [-0.4, -0.2) is 39.8 Å². The number of fused-ring (bicyclic) bond motifs is 3. The SMILES string of the molecule is CC12CCC(=O)N1c1ccccc1C(=O)N2CCCC(=O)Nc1cccc(C(F)(F)F)n1. The standard InChI is InChI=1S/C22H21F3N4O3/c1-21-12-11-19(31)29(21)15-7-3-2-6-14(15)20(32)28(21)13-5-10-18(30)27-17-9-4-8-16(26-17)22(23,24)25/h2-4,6-9H,5,10-13H2,1H3,(H,26,27,30). The number of rotatable bonds is 5. The first-order chi connectivity index (χ1) is 15.1. The zero-order chi connectivity index (χ0) is 23.1. The highest BCUT2D eigenvalue weighted by molar-refractivity contribution is 6.10. The van der Waals surface area contributed by atoms with E-state index >= 15 is 0 Å². The molecular weight excluding hydrogens is 425 g/mol. The summed E-state index contributed by atoms with van der Waals surface area (Å²) in [6, 6.07) is 10.2. The van der Waals surface area contributed by atoms with Crippen LogP contribution in [-0.2, 0) is 15.8 Å². The van der Waals surface area contributed by atoms with E-state index in [9.17, 15) is 27.6 Å². The smallest absolute Gasteiger partial charge is 0.315 e. The minimum Gasteiger partial charge on any atom is -0.315 e. The summed E-state index contributed by atoms with van der Waals surface area (Å²) in [5, 5.41) is 2.36. The molecular formula is C22H21F3N4O3. The Kier molecular flexibility index (Phi) is 5.39. The largest absolute Gasteiger partial charge is 0.433 e. The highest BCUT2D eigenvalue weighted by Gasteiger charge is 2.52. The number of para-hydroxylation sites is 1. The molecule has 1 saturated heterocycles. The molecule has 10 heteroatoms. The van der Waals surface area contributed by atoms with Crippen LogP contribution in [0.3, 0.4) is 0 Å². The normalized spacial score (nSPS) is 20.2. The van der Waals surface area contributed by atoms with Gasteiger partial charge in [0.15, 0.2) is 0 Å². The summed E-state index contributed by atoms with van der Waals surface area (Å²) in [6.07, 6.45) is -3.56. The summed E-state index contributed by atoms with van der Waals surface area (Å²) in [6.45, 7) is 2.05. The van der Waals surface area contributed by atoms with Gasteiger partial charge in [-0.25, -0.2) is 4.98 Å². The summed E-state index contributed by atoms with van der Waals surface area (Å²) < 4.78 is 38.4. The zero-order valence-electron chi connectivity index (χ0n) is 17.3. The topological polar surface area (TPSA) is 82.6 Å². The maximum absolute atomic E-state index is 13.1. The van der Waals surface area contributed by atoms with Gasteiger partial charge in [0.2, 0.25) is 11.8 Å². The van der Waals surface area contributed by atoms with Crippen LogP contribution in [0.25, 0.3) is 0 Å². The summed E-state index contributed by atoms with van der Waals surface area (Å²) in [5.41, 5.74) is -0.890. The highest BCUT2D eigenvalue weighted by atomic mass is 19.4. The number of hydrogen-bond donors (Lipinski definition) is 1. The van der Waals surface area contributed by atoms with Gasteiger partial charge >= 0.3 is 6.18 Å². The van der Waals surface area contributed by atoms with Gasteiger partial charge in [0.1, 0.15) is 17.2 Å². The van der Waals surface area contributed by atoms with Crippen LogP contribution in [0, 0.1) is 0 Å². The maximum atomic E-state index is 13.1. The molecule has 4 rings (SSSR count). The number of benzene rings is 1. The first-order valence-electron chi connectivity index (χ1n) is 10.2. The number of anilines is 2. The Morgan fingerprint density at radius 1 is 1.16 bits per heavy atom. The summed E-state index contributed by atoms with van der Waals surface area (Å²) in [4.78, 5) is 44.6. The predicted molar refractivity (Wildman–Crippen MR) is 110 cm³/mol. The first-order valence-corrected chi connectivity index (χ1v) is 10.2. The maximum Gasteiger partial charge on any atom is 0.433 e. The van der Waals surface area contributed by atoms with E-state index in [1.807, 2.05) is 6.92 Å². The van der Waals surface area contributed by atoms with Crippen LogP contribution in [0.15, 0.2) is 42.5 Å². The van der Waals surface area contributed by atoms with E-state index in [1.165, 1.54) is 12.1 Å². The van der Waals surface area contributed by atoms with Crippen LogP contribution in [0.1, 0.15) is 48.7 Å². The molecule has 7 nitrogen and oxygen atoms in total. The summed E-state index contributed by atoms with van der Waals surface area (Å²) in [5.74, 6) is -0.974. The lowest BCUT2D eigenvalue weighted by Gasteiger charge is -2.48. The van der Waals surface area contributed by atoms with Crippen LogP contribution in [0.4, 0.5) is 24.7 Å². The van der Waals surface area contributed by atoms with Crippen LogP contribution in [0.2, 0.25) is 0 Å². The number of nitrogens with one attached hydrogen (secondary N) is 1. The van der Waals surface area contributed by atoms with Crippen molar-refractivity contribution >= 4 is 29.2 Å². The molecule has 168 valence electrons. The average molecular weight is 446 g/mol. The van der Waals surface area contributed by atoms with Gasteiger partial charge in [0, 0.05) is 19.4 Å². The fourth-order valence-corrected chi connectivity index (χ4v) is 4.31. The molecule has 1 atom stereocenters. The molecule has 1 unspecified atom stereocenters. The molecule has 0 saturated carbocycles. The fourth-order valence-electron chi connectivity index (χ4n) is 4.31. The number of pyridine rings is 1. The Balaban J connectivity index is 1.43. The molecule has 1 N–H and O–H groups in total. The number of amides is 3. The molecule has 32 heavy (non-hydrogen) atoms. The zero-order valence-corrected chi connectivity index (χ0v) is 17.3. The molecule has 1 fully saturated rings. The Morgan fingerprint density at radius 2 is 1.91 bits per heavy atom. The van der Waals surface area contributed by atoms with Crippen molar-refractivity contribution in [3.63, 3.8) is 0 Å². The number of nitrogens with zero attached hydrogens (tertiary/aromatic N) is 3. The Hall–Kier alpha value is -3.43. The van der Waals surface area contributed by atoms with Gasteiger partial charge < -0.3 is 10.2 Å². The average Bonchev–Trinajstić information content (AvgIpc) is 3.05. The molecule has 2 aliphatic rings. The second-order valence-electron chi connectivity index (χ2n) is 7.98. The lowest BCUT2D eigenvalue weighted by atomic mass is 9.98. The summed E-state index contributed by atoms with van der Waals surface area (Å²) in [7, 11) is 0. The Labute approximate surface area is 182 Å². The quantitative estimate of drug-likeness (QED) is 0.757. The minimum absolute atomic E-state index is 0.0205. The van der Waals surface area contributed by atoms with E-state index in [0.29, 0.717) is 24.1 Å². The molecule has 1 aromatic heterocycles. The number of hydrogen-bond acceptors (Lipinski definition) is 4. The van der Waals surface area contributed by atoms with E-state index in [0.717, 1.165) is 6.07 Å². The molecule has 0 radical (unpaired) electrons. The lowest BCUT2D eigenvalue weighted by molar-refractivity contribution is -0.141. The third-order valence-corrected chi connectivity index (χ3v) is 5.84. The van der Waals surface area contributed by atoms with E-state index < -0.39 is 23.4 Å². The van der Waals surface area contributed by atoms with Gasteiger partial charge in [0.25, 0.3) is 5.91 Å². The van der Waals surface area contributed by atoms with E-state index in [-0.39, 0.29) is 37.0 Å². The number of carbonyl (C=O) groups excluding carboxylic acids is 3. The van der Waals surface area contributed by atoms with E-state index in [4.69, 9.17) is 0 Å². The van der Waals surface area contributed by atoms with Gasteiger partial charge in [-0.1, -0.05) is 18.2 Å². The highest BCUT2D eigenvalue weighted by Crippen LogP contribution is 2.44. The molecule has 0 spiro atoms. The molecule has 0 aliphatic carbocycles. The second-order valence-corrected chi connectivity index (χ2v) is 7.98. The van der Waals surface area contributed by atoms with Gasteiger partial charge in [-0.2, -0.15) is 13.2 Å². The number of aromatic nitrogens is 1. The third-order valence-electron chi connectivity index (χ3n) is 5.84. The lowest BCUT2D eigenvalue weighted by Crippen LogP contribution is -2.62. The molecule has 2 aromatic rings. The van der Waals surface area contributed by atoms with Crippen molar-refractivity contribution in [3.05, 3.63) is 53.7 Å². The van der Waals surface area contributed by atoms with Crippen molar-refractivity contribution in [1.82, 2.24) is 9.88 Å². The van der Waals surface area contributed by atoms with Crippen molar-refractivity contribution in [2.24, 2.45) is 0 Å². The van der Waals surface area contributed by atoms with E-state index in [1.54, 1.807) is 34.1 Å². The molecule has 2 aliphatic heterocycles. The number of alkyl halides is 3. The molecule has 0 bridgehead atoms. The van der Waals surface area contributed by atoms with Crippen LogP contribution < -0.4 is 10.2 Å². The van der Waals surface area contributed by atoms with Crippen LogP contribution >= 0.6 is 0 Å². The van der Waals surface area contributed by atoms with Gasteiger partial charge in [-0.15, -0.1) is 0 Å². The second kappa shape index (κ2) is 7.92. The molecule has 3 heterocycles. The van der Waals surface area contributed by atoms with Crippen molar-refractivity contribution in [1.29, 1.82) is 0 Å². The third kappa shape index (κ3) is 3.80. The van der Waals surface area contributed by atoms with Crippen molar-refractivity contribution < 1.29 is 27.6 Å². The fraction of sp³-hybridized carbons (Fsp3) is 0.364. The first kappa shape index (κ1) is 21.8. The monoisotopic (exact) mass is 446 g/mol. The molecule has 1 aromatic carbocycles. The Bertz CT molecular complexity index is 1090. The predicted octanol–water partition coefficient (Wildman–Crippen LogP) is 3.82. The van der Waals surface area contributed by atoms with E-state index in [2.05, 4.69) is 10.3 Å². The minimum atomic E-state index is -4.61. The number of carbonyl (C=O) groups is 3. The summed E-state index contributed by atoms with van der Waals surface area (Å²) >= 11 is 0.